The van der Waals surface area contributed by atoms with E-state index in [1.165, 1.54) is 22.9 Å². The molecule has 1 aromatic carbocycles. The zero-order chi connectivity index (χ0) is 24.7. The minimum absolute atomic E-state index is 0.204. The number of nitrogens with zero attached hydrogens (tertiary/aromatic N) is 2. The topological polar surface area (TPSA) is 146 Å². The molecule has 1 aliphatic heterocycles. The maximum absolute atomic E-state index is 13.3. The summed E-state index contributed by atoms with van der Waals surface area (Å²) in [6.07, 6.45) is 4.10. The van der Waals surface area contributed by atoms with Crippen molar-refractivity contribution in [1.82, 2.24) is 20.5 Å². The molecule has 0 aliphatic carbocycles. The second kappa shape index (κ2) is 11.6. The lowest BCUT2D eigenvalue weighted by molar-refractivity contribution is -0.141. The first-order chi connectivity index (χ1) is 16.3. The van der Waals surface area contributed by atoms with Crippen LogP contribution in [0.15, 0.2) is 36.5 Å². The van der Waals surface area contributed by atoms with E-state index in [9.17, 15) is 24.0 Å². The van der Waals surface area contributed by atoms with Gasteiger partial charge >= 0.3 is 5.97 Å². The van der Waals surface area contributed by atoms with Crippen LogP contribution in [0.5, 0.6) is 0 Å². The SMILES string of the molecule is CSCC(NC(=O)c1nccc2ccccc12)C(=O)N1CCC[C@H]1C(=O)N[C@H](C=O)CC(=O)O. The summed E-state index contributed by atoms with van der Waals surface area (Å²) in [6.45, 7) is 0.314. The first-order valence-corrected chi connectivity index (χ1v) is 12.2. The lowest BCUT2D eigenvalue weighted by Gasteiger charge is -2.29. The largest absolute Gasteiger partial charge is 0.481 e. The van der Waals surface area contributed by atoms with Gasteiger partial charge < -0.3 is 25.4 Å². The lowest BCUT2D eigenvalue weighted by Crippen LogP contribution is -2.55. The lowest BCUT2D eigenvalue weighted by atomic mass is 10.1. The van der Waals surface area contributed by atoms with Gasteiger partial charge in [-0.15, -0.1) is 0 Å². The number of fused-ring (bicyclic) bond motifs is 1. The molecule has 0 spiro atoms. The van der Waals surface area contributed by atoms with Crippen molar-refractivity contribution in [1.29, 1.82) is 0 Å². The van der Waals surface area contributed by atoms with Gasteiger partial charge in [0.15, 0.2) is 0 Å². The number of thioether (sulfide) groups is 1. The predicted octanol–water partition coefficient (Wildman–Crippen LogP) is 0.846. The Bertz CT molecular complexity index is 1090. The number of aromatic nitrogens is 1. The van der Waals surface area contributed by atoms with Gasteiger partial charge in [0.2, 0.25) is 11.8 Å². The van der Waals surface area contributed by atoms with Gasteiger partial charge in [-0.05, 0) is 30.6 Å². The molecule has 0 saturated carbocycles. The number of aldehydes is 1. The third kappa shape index (κ3) is 5.90. The number of nitrogens with one attached hydrogen (secondary N) is 2. The van der Waals surface area contributed by atoms with E-state index in [-0.39, 0.29) is 11.4 Å². The number of benzene rings is 1. The minimum Gasteiger partial charge on any atom is -0.481 e. The van der Waals surface area contributed by atoms with Crippen LogP contribution in [0.3, 0.4) is 0 Å². The van der Waals surface area contributed by atoms with Crippen molar-refractivity contribution in [3.8, 4) is 0 Å². The number of aliphatic carboxylic acids is 1. The number of hydrogen-bond donors (Lipinski definition) is 3. The molecule has 1 unspecified atom stereocenters. The highest BCUT2D eigenvalue weighted by atomic mass is 32.2. The predicted molar refractivity (Wildman–Crippen MR) is 126 cm³/mol. The molecule has 0 bridgehead atoms. The fourth-order valence-corrected chi connectivity index (χ4v) is 4.53. The molecule has 3 amide bonds. The Hall–Kier alpha value is -3.47. The Labute approximate surface area is 200 Å². The fourth-order valence-electron chi connectivity index (χ4n) is 3.97. The van der Waals surface area contributed by atoms with E-state index in [4.69, 9.17) is 5.11 Å². The number of carbonyl (C=O) groups excluding carboxylic acids is 4. The van der Waals surface area contributed by atoms with Crippen LogP contribution in [0.1, 0.15) is 29.8 Å². The van der Waals surface area contributed by atoms with Crippen molar-refractivity contribution in [3.63, 3.8) is 0 Å². The number of likely N-dealkylation sites (tertiary alicyclic amines) is 1. The average Bonchev–Trinajstić information content (AvgIpc) is 3.32. The minimum atomic E-state index is -1.22. The van der Waals surface area contributed by atoms with Gasteiger partial charge in [0.25, 0.3) is 5.91 Å². The molecule has 34 heavy (non-hydrogen) atoms. The number of pyridine rings is 1. The second-order valence-electron chi connectivity index (χ2n) is 7.90. The molecule has 1 fully saturated rings. The van der Waals surface area contributed by atoms with Crippen molar-refractivity contribution in [2.24, 2.45) is 0 Å². The van der Waals surface area contributed by atoms with E-state index in [1.54, 1.807) is 24.5 Å². The summed E-state index contributed by atoms with van der Waals surface area (Å²) in [6, 6.07) is 6.18. The average molecular weight is 487 g/mol. The van der Waals surface area contributed by atoms with E-state index in [2.05, 4.69) is 15.6 Å². The monoisotopic (exact) mass is 486 g/mol. The van der Waals surface area contributed by atoms with Crippen molar-refractivity contribution in [3.05, 3.63) is 42.2 Å². The van der Waals surface area contributed by atoms with E-state index in [0.717, 1.165) is 5.39 Å². The Kier molecular flexibility index (Phi) is 8.58. The number of amides is 3. The van der Waals surface area contributed by atoms with Gasteiger partial charge in [0.05, 0.1) is 12.5 Å². The van der Waals surface area contributed by atoms with Crippen molar-refractivity contribution in [2.75, 3.05) is 18.6 Å². The second-order valence-corrected chi connectivity index (χ2v) is 8.81. The summed E-state index contributed by atoms with van der Waals surface area (Å²) < 4.78 is 0. The molecule has 10 nitrogen and oxygen atoms in total. The van der Waals surface area contributed by atoms with Crippen LogP contribution in [0.2, 0.25) is 0 Å². The standard InChI is InChI=1S/C23H26N4O6S/c1-34-13-17(26-22(32)20-16-6-3-2-5-14(16)8-9-24-20)23(33)27-10-4-7-18(27)21(31)25-15(12-28)11-19(29)30/h2-3,5-6,8-9,12,15,17-18H,4,7,10-11,13H2,1H3,(H,25,31)(H,26,32)(H,29,30)/t15-,17?,18-/m0/s1. The first-order valence-electron chi connectivity index (χ1n) is 10.8. The fraction of sp³-hybridized carbons (Fsp3) is 0.391. The summed E-state index contributed by atoms with van der Waals surface area (Å²) in [5.74, 6) is -2.43. The van der Waals surface area contributed by atoms with Crippen LogP contribution in [0.25, 0.3) is 10.8 Å². The Morgan fingerprint density at radius 3 is 2.71 bits per heavy atom. The van der Waals surface area contributed by atoms with Crippen molar-refractivity contribution >= 4 is 52.5 Å². The summed E-state index contributed by atoms with van der Waals surface area (Å²) >= 11 is 1.37. The van der Waals surface area contributed by atoms with Crippen molar-refractivity contribution < 1.29 is 29.1 Å². The summed E-state index contributed by atoms with van der Waals surface area (Å²) in [5, 5.41) is 15.6. The molecule has 11 heteroatoms. The number of rotatable bonds is 10. The third-order valence-electron chi connectivity index (χ3n) is 5.55. The van der Waals surface area contributed by atoms with Crippen LogP contribution in [0, 0.1) is 0 Å². The van der Waals surface area contributed by atoms with Crippen molar-refractivity contribution in [2.45, 2.75) is 37.4 Å². The molecule has 1 aliphatic rings. The quantitative estimate of drug-likeness (QED) is 0.419. The van der Waals surface area contributed by atoms with E-state index >= 15 is 0 Å². The van der Waals surface area contributed by atoms with Crippen LogP contribution >= 0.6 is 11.8 Å². The van der Waals surface area contributed by atoms with Crippen LogP contribution in [0.4, 0.5) is 0 Å². The normalized spacial score (nSPS) is 17.1. The van der Waals surface area contributed by atoms with Crippen LogP contribution in [-0.2, 0) is 19.2 Å². The Morgan fingerprint density at radius 2 is 2.00 bits per heavy atom. The maximum atomic E-state index is 13.3. The summed E-state index contributed by atoms with van der Waals surface area (Å²) in [5.41, 5.74) is 0.204. The highest BCUT2D eigenvalue weighted by Gasteiger charge is 2.38. The third-order valence-corrected chi connectivity index (χ3v) is 6.22. The molecule has 2 aromatic rings. The molecule has 3 N–H and O–H groups in total. The smallest absolute Gasteiger partial charge is 0.305 e. The van der Waals surface area contributed by atoms with E-state index in [0.29, 0.717) is 31.1 Å². The van der Waals surface area contributed by atoms with Gasteiger partial charge in [-0.3, -0.25) is 24.2 Å². The molecule has 1 aromatic heterocycles. The van der Waals surface area contributed by atoms with Gasteiger partial charge in [-0.2, -0.15) is 11.8 Å². The van der Waals surface area contributed by atoms with Gasteiger partial charge in [0, 0.05) is 23.9 Å². The van der Waals surface area contributed by atoms with Gasteiger partial charge in [-0.1, -0.05) is 24.3 Å². The zero-order valence-electron chi connectivity index (χ0n) is 18.6. The molecule has 2 heterocycles. The van der Waals surface area contributed by atoms with E-state index < -0.39 is 48.2 Å². The highest BCUT2D eigenvalue weighted by Crippen LogP contribution is 2.21. The molecule has 0 radical (unpaired) electrons. The molecule has 3 rings (SSSR count). The molecule has 3 atom stereocenters. The molecule has 180 valence electrons. The summed E-state index contributed by atoms with van der Waals surface area (Å²) in [4.78, 5) is 66.7. The van der Waals surface area contributed by atoms with E-state index in [1.807, 2.05) is 12.1 Å². The Balaban J connectivity index is 1.75. The maximum Gasteiger partial charge on any atom is 0.305 e. The van der Waals surface area contributed by atoms with Gasteiger partial charge in [0.1, 0.15) is 24.1 Å². The zero-order valence-corrected chi connectivity index (χ0v) is 19.4. The van der Waals surface area contributed by atoms with Crippen LogP contribution in [-0.4, -0.2) is 81.6 Å². The highest BCUT2D eigenvalue weighted by molar-refractivity contribution is 7.98. The number of carbonyl (C=O) groups is 5. The molecule has 1 saturated heterocycles. The molecular weight excluding hydrogens is 460 g/mol. The van der Waals surface area contributed by atoms with Crippen LogP contribution < -0.4 is 10.6 Å². The van der Waals surface area contributed by atoms with Gasteiger partial charge in [-0.25, -0.2) is 0 Å². The number of carboxylic acid groups (broad SMARTS) is 1. The molecular formula is C23H26N4O6S. The Morgan fingerprint density at radius 1 is 1.24 bits per heavy atom. The summed E-state index contributed by atoms with van der Waals surface area (Å²) in [7, 11) is 0. The first kappa shape index (κ1) is 25.2. The number of carboxylic acids is 1. The number of hydrogen-bond acceptors (Lipinski definition) is 7.